The zero-order valence-corrected chi connectivity index (χ0v) is 22.1. The Morgan fingerprint density at radius 1 is 0.472 bits per heavy atom. The molecule has 2 nitrogen and oxygen atoms in total. The topological polar surface area (TPSA) is 25.8 Å². The molecule has 0 fully saturated rings. The van der Waals surface area contributed by atoms with E-state index in [1.165, 1.54) is 22.3 Å². The first-order valence-corrected chi connectivity index (χ1v) is 12.4. The van der Waals surface area contributed by atoms with Crippen LogP contribution in [0, 0.1) is 0 Å². The Morgan fingerprint density at radius 2 is 0.833 bits per heavy atom. The summed E-state index contributed by atoms with van der Waals surface area (Å²) in [6, 6.07) is 25.1. The summed E-state index contributed by atoms with van der Waals surface area (Å²) in [5, 5.41) is 0. The summed E-state index contributed by atoms with van der Waals surface area (Å²) in [4.78, 5) is 10.7. The molecule has 2 heteroatoms. The lowest BCUT2D eigenvalue weighted by atomic mass is 9.96. The van der Waals surface area contributed by atoms with Gasteiger partial charge in [-0.1, -0.05) is 108 Å². The van der Waals surface area contributed by atoms with Gasteiger partial charge in [-0.15, -0.1) is 0 Å². The third-order valence-electron chi connectivity index (χ3n) is 6.10. The third-order valence-corrected chi connectivity index (χ3v) is 6.10. The molecule has 0 atom stereocenters. The first-order valence-electron chi connectivity index (χ1n) is 12.4. The quantitative estimate of drug-likeness (QED) is 0.262. The van der Waals surface area contributed by atoms with Crippen molar-refractivity contribution in [2.24, 2.45) is 0 Å². The van der Waals surface area contributed by atoms with E-state index >= 15 is 0 Å². The van der Waals surface area contributed by atoms with Crippen molar-refractivity contribution in [1.82, 2.24) is 9.97 Å². The second-order valence-corrected chi connectivity index (χ2v) is 9.70. The van der Waals surface area contributed by atoms with Crippen LogP contribution in [-0.2, 0) is 0 Å². The van der Waals surface area contributed by atoms with Gasteiger partial charge in [0.25, 0.3) is 0 Å². The first kappa shape index (κ1) is 25.1. The van der Waals surface area contributed by atoms with Gasteiger partial charge in [0.2, 0.25) is 0 Å². The highest BCUT2D eigenvalue weighted by molar-refractivity contribution is 5.98. The Morgan fingerprint density at radius 3 is 1.17 bits per heavy atom. The van der Waals surface area contributed by atoms with E-state index in [1.54, 1.807) is 0 Å². The number of hydrogen-bond donors (Lipinski definition) is 0. The highest BCUT2D eigenvalue weighted by atomic mass is 14.8. The van der Waals surface area contributed by atoms with Crippen LogP contribution in [0.5, 0.6) is 0 Å². The summed E-state index contributed by atoms with van der Waals surface area (Å²) < 4.78 is 0. The number of hydrogen-bond acceptors (Lipinski definition) is 2. The average molecular weight is 471 g/mol. The van der Waals surface area contributed by atoms with Gasteiger partial charge in [0.1, 0.15) is 0 Å². The van der Waals surface area contributed by atoms with Gasteiger partial charge in [0.05, 0.1) is 22.4 Å². The van der Waals surface area contributed by atoms with Crippen molar-refractivity contribution in [1.29, 1.82) is 0 Å². The van der Waals surface area contributed by atoms with Gasteiger partial charge in [0, 0.05) is 22.3 Å². The molecule has 0 unspecified atom stereocenters. The van der Waals surface area contributed by atoms with E-state index in [4.69, 9.17) is 9.97 Å². The first-order chi connectivity index (χ1) is 17.3. The highest BCUT2D eigenvalue weighted by Crippen LogP contribution is 2.36. The Balaban J connectivity index is 2.11. The van der Waals surface area contributed by atoms with Gasteiger partial charge in [-0.2, -0.15) is 0 Å². The summed E-state index contributed by atoms with van der Waals surface area (Å²) >= 11 is 0. The minimum Gasteiger partial charge on any atom is -0.243 e. The lowest BCUT2D eigenvalue weighted by Gasteiger charge is -2.16. The average Bonchev–Trinajstić information content (AvgIpc) is 2.90. The Hall–Kier alpha value is -4.04. The van der Waals surface area contributed by atoms with Crippen LogP contribution in [0.15, 0.2) is 108 Å². The molecule has 0 saturated heterocycles. The molecule has 0 aliphatic rings. The largest absolute Gasteiger partial charge is 0.243 e. The highest BCUT2D eigenvalue weighted by Gasteiger charge is 2.18. The molecule has 0 spiro atoms. The van der Waals surface area contributed by atoms with Gasteiger partial charge in [-0.25, -0.2) is 9.97 Å². The molecule has 4 rings (SSSR count). The van der Waals surface area contributed by atoms with Gasteiger partial charge in [-0.05, 0) is 52.7 Å². The molecule has 0 bridgehead atoms. The molecule has 0 aliphatic heterocycles. The van der Waals surface area contributed by atoms with E-state index in [2.05, 4.69) is 127 Å². The van der Waals surface area contributed by atoms with Crippen LogP contribution >= 0.6 is 0 Å². The zero-order chi connectivity index (χ0) is 25.7. The van der Waals surface area contributed by atoms with Gasteiger partial charge in [-0.3, -0.25) is 0 Å². The molecule has 0 amide bonds. The Labute approximate surface area is 215 Å². The van der Waals surface area contributed by atoms with E-state index in [1.807, 2.05) is 12.1 Å². The predicted molar refractivity (Wildman–Crippen MR) is 157 cm³/mol. The minimum atomic E-state index is 0.897. The van der Waals surface area contributed by atoms with E-state index in [9.17, 15) is 0 Å². The zero-order valence-electron chi connectivity index (χ0n) is 22.1. The van der Waals surface area contributed by atoms with Crippen LogP contribution in [0.1, 0.15) is 52.7 Å². The number of aromatic nitrogens is 2. The fourth-order valence-corrected chi connectivity index (χ4v) is 4.13. The van der Waals surface area contributed by atoms with Crippen molar-refractivity contribution < 1.29 is 0 Å². The second kappa shape index (κ2) is 11.1. The van der Waals surface area contributed by atoms with Crippen LogP contribution in [0.3, 0.4) is 0 Å². The Bertz CT molecular complexity index is 1380. The van der Waals surface area contributed by atoms with E-state index in [0.717, 1.165) is 44.7 Å². The lowest BCUT2D eigenvalue weighted by molar-refractivity contribution is 1.28. The van der Waals surface area contributed by atoms with Crippen LogP contribution in [0.25, 0.3) is 44.7 Å². The molecule has 3 aromatic carbocycles. The minimum absolute atomic E-state index is 0.897. The summed E-state index contributed by atoms with van der Waals surface area (Å²) in [6.45, 7) is 12.7. The molecule has 1 heterocycles. The summed E-state index contributed by atoms with van der Waals surface area (Å²) in [6.07, 6.45) is 8.65. The van der Waals surface area contributed by atoms with Crippen molar-refractivity contribution >= 4 is 22.2 Å². The maximum atomic E-state index is 5.34. The summed E-state index contributed by atoms with van der Waals surface area (Å²) in [5.74, 6) is 0. The molecule has 0 aliphatic carbocycles. The summed E-state index contributed by atoms with van der Waals surface area (Å²) in [7, 11) is 0. The van der Waals surface area contributed by atoms with Gasteiger partial charge >= 0.3 is 0 Å². The molecule has 36 heavy (non-hydrogen) atoms. The standard InChI is InChI=1S/C34H34N2/c1-23(2)17-19-25(5)29-21-22-30(26(6)20-18-24(3)4)34-33(29)35-31(27-13-9-7-10-14-27)32(36-34)28-15-11-8-12-16-28/h7-22H,1-6H3. The number of nitrogens with zero attached hydrogens (tertiary/aromatic N) is 2. The monoisotopic (exact) mass is 470 g/mol. The maximum absolute atomic E-state index is 5.34. The normalized spacial score (nSPS) is 11.9. The predicted octanol–water partition coefficient (Wildman–Crippen LogP) is 9.70. The van der Waals surface area contributed by atoms with E-state index in [0.29, 0.717) is 0 Å². The molecule has 0 radical (unpaired) electrons. The van der Waals surface area contributed by atoms with E-state index < -0.39 is 0 Å². The maximum Gasteiger partial charge on any atom is 0.0976 e. The molecule has 0 N–H and O–H groups in total. The van der Waals surface area contributed by atoms with Crippen molar-refractivity contribution in [2.45, 2.75) is 41.5 Å². The Kier molecular flexibility index (Phi) is 7.75. The number of rotatable bonds is 6. The second-order valence-electron chi connectivity index (χ2n) is 9.70. The van der Waals surface area contributed by atoms with Crippen molar-refractivity contribution in [2.75, 3.05) is 0 Å². The van der Waals surface area contributed by atoms with Crippen LogP contribution in [-0.4, -0.2) is 9.97 Å². The molecule has 0 saturated carbocycles. The van der Waals surface area contributed by atoms with Gasteiger partial charge < -0.3 is 0 Å². The fourth-order valence-electron chi connectivity index (χ4n) is 4.13. The van der Waals surface area contributed by atoms with Crippen molar-refractivity contribution in [3.63, 3.8) is 0 Å². The molecule has 180 valence electrons. The number of fused-ring (bicyclic) bond motifs is 1. The molecular weight excluding hydrogens is 436 g/mol. The van der Waals surface area contributed by atoms with Crippen LogP contribution < -0.4 is 0 Å². The molecule has 1 aromatic heterocycles. The third kappa shape index (κ3) is 5.60. The van der Waals surface area contributed by atoms with Crippen LogP contribution in [0.4, 0.5) is 0 Å². The smallest absolute Gasteiger partial charge is 0.0976 e. The number of allylic oxidation sites excluding steroid dienone is 8. The lowest BCUT2D eigenvalue weighted by Crippen LogP contribution is -2.00. The molecule has 4 aromatic rings. The fraction of sp³-hybridized carbons (Fsp3) is 0.176. The van der Waals surface area contributed by atoms with E-state index in [-0.39, 0.29) is 0 Å². The van der Waals surface area contributed by atoms with Crippen LogP contribution in [0.2, 0.25) is 0 Å². The van der Waals surface area contributed by atoms with Crippen molar-refractivity contribution in [3.05, 3.63) is 119 Å². The summed E-state index contributed by atoms with van der Waals surface area (Å²) in [5.41, 5.74) is 12.8. The van der Waals surface area contributed by atoms with Crippen molar-refractivity contribution in [3.8, 4) is 22.5 Å². The molecular formula is C34H34N2. The SMILES string of the molecule is CC(C)=CC=C(C)c1ccc(C(C)=CC=C(C)C)c2nc(-c3ccccc3)c(-c3ccccc3)nc12. The van der Waals surface area contributed by atoms with Gasteiger partial charge in [0.15, 0.2) is 0 Å². The number of benzene rings is 3.